The van der Waals surface area contributed by atoms with Gasteiger partial charge >= 0.3 is 6.09 Å². The van der Waals surface area contributed by atoms with E-state index in [2.05, 4.69) is 30.7 Å². The highest BCUT2D eigenvalue weighted by Crippen LogP contribution is 2.35. The molecule has 0 fully saturated rings. The lowest BCUT2D eigenvalue weighted by molar-refractivity contribution is -0.116. The lowest BCUT2D eigenvalue weighted by atomic mass is 10.1. The van der Waals surface area contributed by atoms with Crippen molar-refractivity contribution in [3.8, 4) is 11.3 Å². The molecule has 6 N–H and O–H groups in total. The molecule has 0 spiro atoms. The highest BCUT2D eigenvalue weighted by atomic mass is 35.5. The van der Waals surface area contributed by atoms with Gasteiger partial charge in [-0.15, -0.1) is 0 Å². The first kappa shape index (κ1) is 25.9. The van der Waals surface area contributed by atoms with Gasteiger partial charge in [0, 0.05) is 29.8 Å². The Hall–Kier alpha value is -4.15. The van der Waals surface area contributed by atoms with Crippen LogP contribution in [-0.4, -0.2) is 35.0 Å². The smallest absolute Gasteiger partial charge is 0.411 e. The molecule has 11 heteroatoms. The average Bonchev–Trinajstić information content (AvgIpc) is 3.28. The zero-order valence-electron chi connectivity index (χ0n) is 20.1. The van der Waals surface area contributed by atoms with Crippen LogP contribution >= 0.6 is 11.6 Å². The maximum atomic E-state index is 13.0. The van der Waals surface area contributed by atoms with E-state index in [9.17, 15) is 14.4 Å². The summed E-state index contributed by atoms with van der Waals surface area (Å²) in [5.74, 6) is -0.0148. The fourth-order valence-electron chi connectivity index (χ4n) is 3.86. The molecule has 192 valence electrons. The van der Waals surface area contributed by atoms with Crippen LogP contribution in [0.15, 0.2) is 54.6 Å². The Kier molecular flexibility index (Phi) is 8.22. The molecule has 1 aliphatic heterocycles. The van der Waals surface area contributed by atoms with Crippen molar-refractivity contribution in [3.05, 3.63) is 76.7 Å². The summed E-state index contributed by atoms with van der Waals surface area (Å²) in [6.45, 7) is 0.391. The third-order valence-electron chi connectivity index (χ3n) is 5.82. The average molecular weight is 523 g/mol. The number of carbonyl (C=O) groups excluding carboxylic acids is 3. The van der Waals surface area contributed by atoms with Crippen LogP contribution in [0.1, 0.15) is 47.1 Å². The van der Waals surface area contributed by atoms with Gasteiger partial charge in [-0.2, -0.15) is 0 Å². The second kappa shape index (κ2) is 11.7. The number of nitrogens with one attached hydrogen (secondary N) is 4. The van der Waals surface area contributed by atoms with Gasteiger partial charge in [-0.3, -0.25) is 14.9 Å². The standard InChI is InChI=1S/C26H27ClN6O4/c1-37-26(36)29-17-11-12-18-20(13-17)30-21(34)6-4-2-3-5-19(24-32-22(18)23(27)33-24)31-25(35)16-9-7-15(14-28)8-10-16/h2-3,7-13,19H,4-6,14,28H2,1H3,(H,29,36)(H,30,34)(H,31,35)(H,32,33)/b3-2+. The first-order valence-corrected chi connectivity index (χ1v) is 12.0. The molecule has 1 aliphatic rings. The highest BCUT2D eigenvalue weighted by Gasteiger charge is 2.23. The SMILES string of the molecule is COC(=O)Nc1ccc2c(c1)NC(=O)CC/C=C/CC(NC(=O)c1ccc(CN)cc1)c1nc-2c(Cl)[nH]1. The minimum absolute atomic E-state index is 0.210. The van der Waals surface area contributed by atoms with Gasteiger partial charge in [0.1, 0.15) is 16.7 Å². The third kappa shape index (κ3) is 6.35. The fraction of sp³-hybridized carbons (Fsp3) is 0.231. The van der Waals surface area contributed by atoms with Crippen LogP contribution in [-0.2, 0) is 16.1 Å². The Morgan fingerprint density at radius 1 is 1.19 bits per heavy atom. The fourth-order valence-corrected chi connectivity index (χ4v) is 4.10. The number of allylic oxidation sites excluding steroid dienone is 1. The van der Waals surface area contributed by atoms with Gasteiger partial charge in [-0.25, -0.2) is 9.78 Å². The van der Waals surface area contributed by atoms with Crippen molar-refractivity contribution in [2.75, 3.05) is 17.7 Å². The molecule has 0 saturated carbocycles. The number of benzene rings is 2. The van der Waals surface area contributed by atoms with Gasteiger partial charge in [-0.05, 0) is 48.7 Å². The second-order valence-corrected chi connectivity index (χ2v) is 8.76. The van der Waals surface area contributed by atoms with Crippen LogP contribution in [0.5, 0.6) is 0 Å². The number of halogens is 1. The van der Waals surface area contributed by atoms with Gasteiger partial charge in [0.15, 0.2) is 0 Å². The maximum absolute atomic E-state index is 13.0. The van der Waals surface area contributed by atoms with Crippen molar-refractivity contribution in [2.45, 2.75) is 31.8 Å². The number of imidazole rings is 1. The summed E-state index contributed by atoms with van der Waals surface area (Å²) >= 11 is 6.55. The summed E-state index contributed by atoms with van der Waals surface area (Å²) in [6.07, 6.45) is 4.33. The summed E-state index contributed by atoms with van der Waals surface area (Å²) in [5, 5.41) is 8.71. The number of anilines is 2. The summed E-state index contributed by atoms with van der Waals surface area (Å²) < 4.78 is 4.65. The number of aromatic amines is 1. The number of amides is 3. The molecule has 10 nitrogen and oxygen atoms in total. The zero-order valence-corrected chi connectivity index (χ0v) is 20.9. The molecule has 1 aromatic heterocycles. The van der Waals surface area contributed by atoms with Gasteiger partial charge in [0.05, 0.1) is 18.8 Å². The summed E-state index contributed by atoms with van der Waals surface area (Å²) in [7, 11) is 1.26. The number of aromatic nitrogens is 2. The second-order valence-electron chi connectivity index (χ2n) is 8.38. The molecule has 3 aromatic rings. The number of carbonyl (C=O) groups is 3. The topological polar surface area (TPSA) is 151 Å². The normalized spacial score (nSPS) is 16.2. The first-order valence-electron chi connectivity index (χ1n) is 11.7. The molecule has 0 aliphatic carbocycles. The number of rotatable bonds is 4. The molecule has 2 heterocycles. The molecule has 1 atom stereocenters. The van der Waals surface area contributed by atoms with E-state index in [4.69, 9.17) is 17.3 Å². The van der Waals surface area contributed by atoms with Crippen LogP contribution in [0.3, 0.4) is 0 Å². The molecule has 4 rings (SSSR count). The van der Waals surface area contributed by atoms with Crippen molar-refractivity contribution in [3.63, 3.8) is 0 Å². The van der Waals surface area contributed by atoms with Crippen molar-refractivity contribution >= 4 is 40.9 Å². The van der Waals surface area contributed by atoms with Crippen molar-refractivity contribution < 1.29 is 19.1 Å². The Bertz CT molecular complexity index is 1340. The summed E-state index contributed by atoms with van der Waals surface area (Å²) in [6, 6.07) is 11.5. The Morgan fingerprint density at radius 2 is 1.97 bits per heavy atom. The van der Waals surface area contributed by atoms with Crippen LogP contribution in [0.4, 0.5) is 16.2 Å². The van der Waals surface area contributed by atoms with E-state index in [1.807, 2.05) is 24.3 Å². The van der Waals surface area contributed by atoms with E-state index in [1.54, 1.807) is 30.3 Å². The number of hydrogen-bond acceptors (Lipinski definition) is 6. The molecule has 0 saturated heterocycles. The highest BCUT2D eigenvalue weighted by molar-refractivity contribution is 6.32. The van der Waals surface area contributed by atoms with Crippen molar-refractivity contribution in [1.29, 1.82) is 0 Å². The van der Waals surface area contributed by atoms with Gasteiger partial charge < -0.3 is 26.1 Å². The molecular formula is C26H27ClN6O4. The predicted molar refractivity (Wildman–Crippen MR) is 141 cm³/mol. The van der Waals surface area contributed by atoms with Gasteiger partial charge in [0.25, 0.3) is 5.91 Å². The first-order chi connectivity index (χ1) is 17.9. The van der Waals surface area contributed by atoms with Crippen LogP contribution in [0.2, 0.25) is 5.15 Å². The van der Waals surface area contributed by atoms with Gasteiger partial charge in [-0.1, -0.05) is 35.9 Å². The molecule has 37 heavy (non-hydrogen) atoms. The minimum Gasteiger partial charge on any atom is -0.453 e. The van der Waals surface area contributed by atoms with Gasteiger partial charge in [0.2, 0.25) is 5.91 Å². The van der Waals surface area contributed by atoms with E-state index < -0.39 is 12.1 Å². The Labute approximate surface area is 218 Å². The molecule has 2 aromatic carbocycles. The minimum atomic E-state index is -0.641. The zero-order chi connectivity index (χ0) is 26.4. The predicted octanol–water partition coefficient (Wildman–Crippen LogP) is 4.52. The molecule has 3 amide bonds. The number of nitrogens with two attached hydrogens (primary N) is 1. The Morgan fingerprint density at radius 3 is 2.70 bits per heavy atom. The van der Waals surface area contributed by atoms with E-state index in [0.717, 1.165) is 5.56 Å². The molecule has 0 radical (unpaired) electrons. The number of fused-ring (bicyclic) bond motifs is 4. The molecule has 1 unspecified atom stereocenters. The monoisotopic (exact) mass is 522 g/mol. The van der Waals surface area contributed by atoms with E-state index in [-0.39, 0.29) is 23.4 Å². The third-order valence-corrected chi connectivity index (χ3v) is 6.10. The van der Waals surface area contributed by atoms with Crippen molar-refractivity contribution in [1.82, 2.24) is 15.3 Å². The molecular weight excluding hydrogens is 496 g/mol. The lowest BCUT2D eigenvalue weighted by Crippen LogP contribution is -2.29. The number of ether oxygens (including phenoxy) is 1. The van der Waals surface area contributed by atoms with E-state index in [1.165, 1.54) is 7.11 Å². The maximum Gasteiger partial charge on any atom is 0.411 e. The van der Waals surface area contributed by atoms with Crippen LogP contribution < -0.4 is 21.7 Å². The van der Waals surface area contributed by atoms with Crippen LogP contribution in [0.25, 0.3) is 11.3 Å². The number of nitrogens with zero attached hydrogens (tertiary/aromatic N) is 1. The summed E-state index contributed by atoms with van der Waals surface area (Å²) in [4.78, 5) is 45.0. The Balaban J connectivity index is 1.69. The van der Waals surface area contributed by atoms with E-state index in [0.29, 0.717) is 53.4 Å². The number of methoxy groups -OCH3 is 1. The number of hydrogen-bond donors (Lipinski definition) is 5. The summed E-state index contributed by atoms with van der Waals surface area (Å²) in [5.41, 5.74) is 8.86. The quantitative estimate of drug-likeness (QED) is 0.318. The largest absolute Gasteiger partial charge is 0.453 e. The molecule has 2 bridgehead atoms. The van der Waals surface area contributed by atoms with Crippen molar-refractivity contribution in [2.24, 2.45) is 5.73 Å². The number of H-pyrrole nitrogens is 1. The van der Waals surface area contributed by atoms with E-state index >= 15 is 0 Å². The lowest BCUT2D eigenvalue weighted by Gasteiger charge is -2.15. The van der Waals surface area contributed by atoms with Crippen LogP contribution in [0, 0.1) is 0 Å².